The van der Waals surface area contributed by atoms with Gasteiger partial charge in [-0.3, -0.25) is 0 Å². The highest BCUT2D eigenvalue weighted by molar-refractivity contribution is 6.05. The van der Waals surface area contributed by atoms with Gasteiger partial charge in [0.15, 0.2) is 0 Å². The van der Waals surface area contributed by atoms with E-state index in [1.807, 2.05) is 31.2 Å². The molecule has 3 nitrogen and oxygen atoms in total. The molecule has 0 saturated carbocycles. The second-order valence-electron chi connectivity index (χ2n) is 3.40. The Hall–Kier alpha value is -1.64. The summed E-state index contributed by atoms with van der Waals surface area (Å²) in [5, 5.41) is 0. The van der Waals surface area contributed by atoms with E-state index in [0.717, 1.165) is 5.56 Å². The first-order valence-electron chi connectivity index (χ1n) is 4.53. The Bertz CT molecular complexity index is 392. The van der Waals surface area contributed by atoms with E-state index < -0.39 is 0 Å². The smallest absolute Gasteiger partial charge is 0.337 e. The molecule has 1 unspecified atom stereocenters. The van der Waals surface area contributed by atoms with Crippen molar-refractivity contribution in [1.82, 2.24) is 0 Å². The highest BCUT2D eigenvalue weighted by Gasteiger charge is 2.25. The Morgan fingerprint density at radius 3 is 2.43 bits per heavy atom. The lowest BCUT2D eigenvalue weighted by molar-refractivity contribution is -0.134. The van der Waals surface area contributed by atoms with Crippen molar-refractivity contribution in [3.63, 3.8) is 0 Å². The van der Waals surface area contributed by atoms with E-state index in [1.54, 1.807) is 6.92 Å². The van der Waals surface area contributed by atoms with Gasteiger partial charge in [-0.1, -0.05) is 17.7 Å². The summed E-state index contributed by atoms with van der Waals surface area (Å²) in [7, 11) is 0. The molecule has 0 spiro atoms. The molecule has 1 heterocycles. The number of benzene rings is 1. The number of rotatable bonds is 1. The quantitative estimate of drug-likeness (QED) is 0.630. The van der Waals surface area contributed by atoms with Crippen LogP contribution in [0.5, 0.6) is 0 Å². The lowest BCUT2D eigenvalue weighted by Crippen LogP contribution is -2.10. The number of cyclic esters (lactones) is 1. The van der Waals surface area contributed by atoms with E-state index in [9.17, 15) is 4.79 Å². The Labute approximate surface area is 82.4 Å². The molecule has 0 amide bonds. The Kier molecular flexibility index (Phi) is 2.08. The van der Waals surface area contributed by atoms with Gasteiger partial charge in [-0.2, -0.15) is 0 Å². The number of hydrogen-bond donors (Lipinski definition) is 0. The molecule has 14 heavy (non-hydrogen) atoms. The maximum Gasteiger partial charge on any atom is 0.337 e. The third-order valence-corrected chi connectivity index (χ3v) is 2.15. The van der Waals surface area contributed by atoms with E-state index >= 15 is 0 Å². The predicted molar refractivity (Wildman–Crippen MR) is 53.3 cm³/mol. The second kappa shape index (κ2) is 3.25. The number of ether oxygens (including phenoxy) is 1. The molecule has 1 aliphatic rings. The van der Waals surface area contributed by atoms with Gasteiger partial charge in [0.2, 0.25) is 5.90 Å². The van der Waals surface area contributed by atoms with Crippen LogP contribution in [0.25, 0.3) is 0 Å². The second-order valence-corrected chi connectivity index (χ2v) is 3.40. The highest BCUT2D eigenvalue weighted by Crippen LogP contribution is 2.13. The van der Waals surface area contributed by atoms with Crippen LogP contribution in [-0.4, -0.2) is 17.9 Å². The normalized spacial score (nSPS) is 20.6. The minimum Gasteiger partial charge on any atom is -0.406 e. The summed E-state index contributed by atoms with van der Waals surface area (Å²) in [6.07, 6.45) is 0. The van der Waals surface area contributed by atoms with Crippen LogP contribution in [-0.2, 0) is 9.53 Å². The van der Waals surface area contributed by atoms with Gasteiger partial charge in [0.25, 0.3) is 0 Å². The summed E-state index contributed by atoms with van der Waals surface area (Å²) < 4.78 is 5.01. The van der Waals surface area contributed by atoms with Crippen molar-refractivity contribution in [2.45, 2.75) is 19.9 Å². The fraction of sp³-hybridized carbons (Fsp3) is 0.273. The van der Waals surface area contributed by atoms with Crippen LogP contribution in [0.1, 0.15) is 18.1 Å². The molecule has 0 aromatic heterocycles. The lowest BCUT2D eigenvalue weighted by Gasteiger charge is -1.99. The average molecular weight is 189 g/mol. The van der Waals surface area contributed by atoms with Gasteiger partial charge in [-0.25, -0.2) is 9.79 Å². The van der Waals surface area contributed by atoms with E-state index in [1.165, 1.54) is 5.56 Å². The van der Waals surface area contributed by atoms with Gasteiger partial charge >= 0.3 is 5.97 Å². The van der Waals surface area contributed by atoms with Crippen molar-refractivity contribution >= 4 is 11.9 Å². The van der Waals surface area contributed by atoms with E-state index in [4.69, 9.17) is 4.74 Å². The molecule has 0 bridgehead atoms. The minimum atomic E-state index is -0.369. The molecule has 0 saturated heterocycles. The molecule has 0 N–H and O–H groups in total. The summed E-state index contributed by atoms with van der Waals surface area (Å²) >= 11 is 0. The molecule has 1 aromatic rings. The number of carbonyl (C=O) groups excluding carboxylic acids is 1. The maximum atomic E-state index is 11.1. The summed E-state index contributed by atoms with van der Waals surface area (Å²) in [5.74, 6) is 0.156. The first kappa shape index (κ1) is 8.94. The topological polar surface area (TPSA) is 38.7 Å². The van der Waals surface area contributed by atoms with Gasteiger partial charge in [-0.05, 0) is 26.0 Å². The lowest BCUT2D eigenvalue weighted by atomic mass is 10.1. The molecule has 1 aromatic carbocycles. The molecule has 0 fully saturated rings. The first-order chi connectivity index (χ1) is 6.66. The monoisotopic (exact) mass is 189 g/mol. The van der Waals surface area contributed by atoms with Crippen molar-refractivity contribution in [3.05, 3.63) is 35.4 Å². The van der Waals surface area contributed by atoms with Gasteiger partial charge in [-0.15, -0.1) is 0 Å². The molecule has 2 rings (SSSR count). The highest BCUT2D eigenvalue weighted by atomic mass is 16.6. The fourth-order valence-electron chi connectivity index (χ4n) is 1.27. The summed E-state index contributed by atoms with van der Waals surface area (Å²) in [6, 6.07) is 7.37. The zero-order valence-corrected chi connectivity index (χ0v) is 8.15. The van der Waals surface area contributed by atoms with E-state index in [0.29, 0.717) is 5.90 Å². The van der Waals surface area contributed by atoms with Gasteiger partial charge < -0.3 is 4.74 Å². The summed E-state index contributed by atoms with van der Waals surface area (Å²) in [5.41, 5.74) is 2.03. The first-order valence-corrected chi connectivity index (χ1v) is 4.53. The number of aliphatic imine (C=N–C) groups is 1. The molecule has 0 radical (unpaired) electrons. The van der Waals surface area contributed by atoms with Crippen molar-refractivity contribution in [2.24, 2.45) is 4.99 Å². The third kappa shape index (κ3) is 1.53. The molecule has 3 heteroatoms. The minimum absolute atomic E-state index is 0.277. The SMILES string of the molecule is Cc1ccc(C2=NC(C)C(=O)O2)cc1. The number of esters is 1. The molecule has 72 valence electrons. The van der Waals surface area contributed by atoms with Crippen LogP contribution in [0.15, 0.2) is 29.3 Å². The van der Waals surface area contributed by atoms with Crippen LogP contribution < -0.4 is 0 Å². The van der Waals surface area contributed by atoms with Crippen LogP contribution in [0.2, 0.25) is 0 Å². The van der Waals surface area contributed by atoms with Gasteiger partial charge in [0, 0.05) is 5.56 Å². The Morgan fingerprint density at radius 2 is 1.93 bits per heavy atom. The van der Waals surface area contributed by atoms with Crippen LogP contribution >= 0.6 is 0 Å². The average Bonchev–Trinajstić information content (AvgIpc) is 2.48. The molecular formula is C11H11NO2. The van der Waals surface area contributed by atoms with Crippen molar-refractivity contribution < 1.29 is 9.53 Å². The zero-order chi connectivity index (χ0) is 10.1. The number of hydrogen-bond acceptors (Lipinski definition) is 3. The van der Waals surface area contributed by atoms with E-state index in [-0.39, 0.29) is 12.0 Å². The summed E-state index contributed by atoms with van der Waals surface area (Å²) in [6.45, 7) is 3.73. The third-order valence-electron chi connectivity index (χ3n) is 2.15. The molecule has 1 atom stereocenters. The van der Waals surface area contributed by atoms with Crippen LogP contribution in [0.3, 0.4) is 0 Å². The van der Waals surface area contributed by atoms with Crippen LogP contribution in [0, 0.1) is 6.92 Å². The fourth-order valence-corrected chi connectivity index (χ4v) is 1.27. The van der Waals surface area contributed by atoms with Crippen molar-refractivity contribution in [3.8, 4) is 0 Å². The summed E-state index contributed by atoms with van der Waals surface area (Å²) in [4.78, 5) is 15.2. The van der Waals surface area contributed by atoms with Gasteiger partial charge in [0.1, 0.15) is 6.04 Å². The van der Waals surface area contributed by atoms with Gasteiger partial charge in [0.05, 0.1) is 0 Å². The zero-order valence-electron chi connectivity index (χ0n) is 8.15. The maximum absolute atomic E-state index is 11.1. The van der Waals surface area contributed by atoms with Crippen LogP contribution in [0.4, 0.5) is 0 Å². The number of carbonyl (C=O) groups is 1. The Balaban J connectivity index is 2.29. The Morgan fingerprint density at radius 1 is 1.29 bits per heavy atom. The number of nitrogens with zero attached hydrogens (tertiary/aromatic N) is 1. The predicted octanol–water partition coefficient (Wildman–Crippen LogP) is 1.69. The molecular weight excluding hydrogens is 178 g/mol. The largest absolute Gasteiger partial charge is 0.406 e. The van der Waals surface area contributed by atoms with E-state index in [2.05, 4.69) is 4.99 Å². The molecule has 1 aliphatic heterocycles. The van der Waals surface area contributed by atoms with Crippen molar-refractivity contribution in [1.29, 1.82) is 0 Å². The molecule has 0 aliphatic carbocycles. The van der Waals surface area contributed by atoms with Crippen molar-refractivity contribution in [2.75, 3.05) is 0 Å². The standard InChI is InChI=1S/C11H11NO2/c1-7-3-5-9(6-4-7)10-12-8(2)11(13)14-10/h3-6,8H,1-2H3. The number of aryl methyl sites for hydroxylation is 1.